The van der Waals surface area contributed by atoms with Crippen molar-refractivity contribution in [2.24, 2.45) is 5.73 Å². The minimum atomic E-state index is -0.711. The van der Waals surface area contributed by atoms with Crippen LogP contribution in [0.15, 0.2) is 36.0 Å². The maximum absolute atomic E-state index is 13.3. The van der Waals surface area contributed by atoms with Crippen molar-refractivity contribution in [3.63, 3.8) is 0 Å². The molecule has 0 spiro atoms. The standard InChI is InChI=1S/C23H23ClFN5O5S2/c1-4-8-30-16(10-35-15-7-6-13(25)9-14(15)24)28-29-23(30)36-11-17(31)27-21-18(22(33)34-5-2)12(3)19(37-21)20(26)32/h4,6-7,9H,1,5,8,10-11H2,2-3H3,(H2,26,32)(H,27,31). The Morgan fingerprint density at radius 1 is 1.35 bits per heavy atom. The van der Waals surface area contributed by atoms with Gasteiger partial charge in [-0.3, -0.25) is 14.2 Å². The summed E-state index contributed by atoms with van der Waals surface area (Å²) in [5.74, 6) is -1.67. The van der Waals surface area contributed by atoms with E-state index in [1.165, 1.54) is 12.1 Å². The Morgan fingerprint density at radius 3 is 2.76 bits per heavy atom. The molecule has 0 radical (unpaired) electrons. The van der Waals surface area contributed by atoms with Crippen molar-refractivity contribution in [3.8, 4) is 5.75 Å². The highest BCUT2D eigenvalue weighted by Crippen LogP contribution is 2.34. The lowest BCUT2D eigenvalue weighted by molar-refractivity contribution is -0.113. The largest absolute Gasteiger partial charge is 0.484 e. The zero-order chi connectivity index (χ0) is 27.1. The van der Waals surface area contributed by atoms with Gasteiger partial charge in [-0.1, -0.05) is 29.4 Å². The van der Waals surface area contributed by atoms with E-state index < -0.39 is 23.6 Å². The third-order valence-corrected chi connectivity index (χ3v) is 7.28. The number of hydrogen-bond acceptors (Lipinski definition) is 9. The number of primary amides is 1. The first kappa shape index (κ1) is 28.2. The van der Waals surface area contributed by atoms with Crippen LogP contribution in [-0.4, -0.2) is 44.9 Å². The summed E-state index contributed by atoms with van der Waals surface area (Å²) in [6.07, 6.45) is 1.63. The molecule has 0 bridgehead atoms. The van der Waals surface area contributed by atoms with Gasteiger partial charge in [0.1, 0.15) is 23.2 Å². The molecule has 0 aliphatic carbocycles. The summed E-state index contributed by atoms with van der Waals surface area (Å²) in [4.78, 5) is 37.0. The van der Waals surface area contributed by atoms with Crippen molar-refractivity contribution >= 4 is 57.5 Å². The summed E-state index contributed by atoms with van der Waals surface area (Å²) < 4.78 is 25.7. The molecule has 14 heteroatoms. The predicted molar refractivity (Wildman–Crippen MR) is 139 cm³/mol. The summed E-state index contributed by atoms with van der Waals surface area (Å²) in [5, 5.41) is 11.6. The number of nitrogens with one attached hydrogen (secondary N) is 1. The van der Waals surface area contributed by atoms with Gasteiger partial charge in [0.25, 0.3) is 5.91 Å². The van der Waals surface area contributed by atoms with E-state index in [0.717, 1.165) is 29.2 Å². The van der Waals surface area contributed by atoms with Gasteiger partial charge in [-0.15, -0.1) is 28.1 Å². The monoisotopic (exact) mass is 567 g/mol. The molecular formula is C23H23ClFN5O5S2. The molecule has 0 saturated carbocycles. The zero-order valence-corrected chi connectivity index (χ0v) is 22.3. The first-order valence-corrected chi connectivity index (χ1v) is 13.0. The highest BCUT2D eigenvalue weighted by atomic mass is 35.5. The molecule has 37 heavy (non-hydrogen) atoms. The van der Waals surface area contributed by atoms with Crippen LogP contribution in [-0.2, 0) is 22.7 Å². The van der Waals surface area contributed by atoms with Crippen LogP contribution in [0, 0.1) is 12.7 Å². The Kier molecular flexibility index (Phi) is 9.66. The van der Waals surface area contributed by atoms with Gasteiger partial charge < -0.3 is 20.5 Å². The third kappa shape index (κ3) is 6.87. The number of allylic oxidation sites excluding steroid dienone is 1. The molecule has 2 heterocycles. The van der Waals surface area contributed by atoms with Crippen molar-refractivity contribution in [2.75, 3.05) is 17.7 Å². The van der Waals surface area contributed by atoms with Crippen LogP contribution < -0.4 is 15.8 Å². The Hall–Kier alpha value is -3.42. The fourth-order valence-corrected chi connectivity index (χ4v) is 5.21. The summed E-state index contributed by atoms with van der Waals surface area (Å²) in [7, 11) is 0. The normalized spacial score (nSPS) is 10.7. The molecule has 2 aromatic heterocycles. The summed E-state index contributed by atoms with van der Waals surface area (Å²) in [5.41, 5.74) is 5.84. The van der Waals surface area contributed by atoms with Crippen LogP contribution in [0.4, 0.5) is 9.39 Å². The number of nitrogens with two attached hydrogens (primary N) is 1. The summed E-state index contributed by atoms with van der Waals surface area (Å²) in [6, 6.07) is 3.77. The second kappa shape index (κ2) is 12.7. The van der Waals surface area contributed by atoms with Crippen molar-refractivity contribution < 1.29 is 28.2 Å². The molecule has 10 nitrogen and oxygen atoms in total. The van der Waals surface area contributed by atoms with E-state index in [4.69, 9.17) is 26.8 Å². The molecule has 1 aromatic carbocycles. The summed E-state index contributed by atoms with van der Waals surface area (Å²) in [6.45, 7) is 7.40. The highest BCUT2D eigenvalue weighted by molar-refractivity contribution is 7.99. The van der Waals surface area contributed by atoms with Crippen LogP contribution in [0.2, 0.25) is 5.02 Å². The summed E-state index contributed by atoms with van der Waals surface area (Å²) >= 11 is 8.01. The van der Waals surface area contributed by atoms with Crippen LogP contribution in [0.1, 0.15) is 38.3 Å². The number of anilines is 1. The van der Waals surface area contributed by atoms with E-state index >= 15 is 0 Å². The molecule has 0 atom stereocenters. The lowest BCUT2D eigenvalue weighted by atomic mass is 10.1. The number of benzene rings is 1. The van der Waals surface area contributed by atoms with E-state index in [1.807, 2.05) is 0 Å². The maximum Gasteiger partial charge on any atom is 0.341 e. The Morgan fingerprint density at radius 2 is 2.11 bits per heavy atom. The van der Waals surface area contributed by atoms with Gasteiger partial charge in [-0.25, -0.2) is 9.18 Å². The molecule has 3 N–H and O–H groups in total. The molecular weight excluding hydrogens is 545 g/mol. The highest BCUT2D eigenvalue weighted by Gasteiger charge is 2.26. The third-order valence-electron chi connectivity index (χ3n) is 4.79. The molecule has 0 unspecified atom stereocenters. The lowest BCUT2D eigenvalue weighted by Gasteiger charge is -2.10. The smallest absolute Gasteiger partial charge is 0.341 e. The van der Waals surface area contributed by atoms with Crippen LogP contribution in [0.5, 0.6) is 5.75 Å². The average Bonchev–Trinajstić information content (AvgIpc) is 3.37. The van der Waals surface area contributed by atoms with Crippen molar-refractivity contribution in [1.82, 2.24) is 14.8 Å². The number of amides is 2. The van der Waals surface area contributed by atoms with E-state index in [0.29, 0.717) is 23.1 Å². The predicted octanol–water partition coefficient (Wildman–Crippen LogP) is 4.21. The van der Waals surface area contributed by atoms with E-state index in [-0.39, 0.29) is 45.2 Å². The Labute approximate surface area is 225 Å². The number of aromatic nitrogens is 3. The number of hydrogen-bond donors (Lipinski definition) is 2. The number of rotatable bonds is 12. The number of thioether (sulfide) groups is 1. The average molecular weight is 568 g/mol. The van der Waals surface area contributed by atoms with Gasteiger partial charge in [-0.05, 0) is 37.6 Å². The van der Waals surface area contributed by atoms with Crippen molar-refractivity contribution in [3.05, 3.63) is 63.5 Å². The molecule has 0 fully saturated rings. The molecule has 0 aliphatic rings. The van der Waals surface area contributed by atoms with Crippen LogP contribution in [0.3, 0.4) is 0 Å². The Balaban J connectivity index is 1.71. The van der Waals surface area contributed by atoms with Crippen LogP contribution in [0.25, 0.3) is 0 Å². The van der Waals surface area contributed by atoms with E-state index in [9.17, 15) is 18.8 Å². The number of halogens is 2. The topological polar surface area (TPSA) is 138 Å². The molecule has 0 saturated heterocycles. The first-order chi connectivity index (χ1) is 17.7. The molecule has 0 aliphatic heterocycles. The van der Waals surface area contributed by atoms with Gasteiger partial charge in [-0.2, -0.15) is 0 Å². The van der Waals surface area contributed by atoms with Gasteiger partial charge >= 0.3 is 5.97 Å². The second-order valence-electron chi connectivity index (χ2n) is 7.34. The Bertz CT molecular complexity index is 1340. The first-order valence-electron chi connectivity index (χ1n) is 10.8. The second-order valence-corrected chi connectivity index (χ2v) is 9.71. The minimum absolute atomic E-state index is 0.00772. The fraction of sp³-hybridized carbons (Fsp3) is 0.261. The lowest BCUT2D eigenvalue weighted by Crippen LogP contribution is -2.17. The number of nitrogens with zero attached hydrogens (tertiary/aromatic N) is 3. The maximum atomic E-state index is 13.3. The SMILES string of the molecule is C=CCn1c(COc2ccc(F)cc2Cl)nnc1SCC(=O)Nc1sc(C(N)=O)c(C)c1C(=O)OCC. The van der Waals surface area contributed by atoms with E-state index in [2.05, 4.69) is 22.1 Å². The van der Waals surface area contributed by atoms with Gasteiger partial charge in [0.2, 0.25) is 5.91 Å². The van der Waals surface area contributed by atoms with Gasteiger partial charge in [0, 0.05) is 6.54 Å². The number of carbonyl (C=O) groups is 3. The quantitative estimate of drug-likeness (QED) is 0.188. The van der Waals surface area contributed by atoms with E-state index in [1.54, 1.807) is 24.5 Å². The molecule has 196 valence electrons. The number of ether oxygens (including phenoxy) is 2. The van der Waals surface area contributed by atoms with Crippen molar-refractivity contribution in [1.29, 1.82) is 0 Å². The van der Waals surface area contributed by atoms with Crippen molar-refractivity contribution in [2.45, 2.75) is 32.2 Å². The number of esters is 1. The number of carbonyl (C=O) groups excluding carboxylic acids is 3. The minimum Gasteiger partial charge on any atom is -0.484 e. The van der Waals surface area contributed by atoms with Crippen LogP contribution >= 0.6 is 34.7 Å². The van der Waals surface area contributed by atoms with Gasteiger partial charge in [0.15, 0.2) is 11.0 Å². The molecule has 3 rings (SSSR count). The molecule has 2 amide bonds. The zero-order valence-electron chi connectivity index (χ0n) is 19.9. The fourth-order valence-electron chi connectivity index (χ4n) is 3.16. The van der Waals surface area contributed by atoms with Gasteiger partial charge in [0.05, 0.1) is 27.8 Å². The number of thiophene rings is 1. The molecule has 3 aromatic rings.